The summed E-state index contributed by atoms with van der Waals surface area (Å²) < 4.78 is 3.13. The Morgan fingerprint density at radius 1 is 1.43 bits per heavy atom. The number of halogens is 1. The van der Waals surface area contributed by atoms with Gasteiger partial charge in [0, 0.05) is 11.0 Å². The molecule has 0 aliphatic heterocycles. The number of nitrogens with zero attached hydrogens (tertiary/aromatic N) is 2. The van der Waals surface area contributed by atoms with E-state index in [9.17, 15) is 4.79 Å². The number of imidazole rings is 1. The largest absolute Gasteiger partial charge is 0.481 e. The lowest BCUT2D eigenvalue weighted by Crippen LogP contribution is -2.11. The van der Waals surface area contributed by atoms with Crippen LogP contribution in [0, 0.1) is 5.41 Å². The van der Waals surface area contributed by atoms with E-state index in [0.29, 0.717) is 0 Å². The zero-order valence-electron chi connectivity index (χ0n) is 12.4. The van der Waals surface area contributed by atoms with Crippen molar-refractivity contribution < 1.29 is 9.90 Å². The molecule has 1 heterocycles. The molecule has 0 saturated heterocycles. The predicted octanol–water partition coefficient (Wildman–Crippen LogP) is 4.41. The molecule has 0 saturated carbocycles. The number of hydrogen-bond acceptors (Lipinski definition) is 3. The highest BCUT2D eigenvalue weighted by molar-refractivity contribution is 9.10. The van der Waals surface area contributed by atoms with E-state index in [1.54, 1.807) is 0 Å². The van der Waals surface area contributed by atoms with E-state index < -0.39 is 5.97 Å². The lowest BCUT2D eigenvalue weighted by molar-refractivity contribution is -0.133. The van der Waals surface area contributed by atoms with Crippen molar-refractivity contribution in [3.05, 3.63) is 22.7 Å². The molecule has 0 bridgehead atoms. The summed E-state index contributed by atoms with van der Waals surface area (Å²) in [6.07, 6.45) is 1.01. The highest BCUT2D eigenvalue weighted by Gasteiger charge is 2.16. The van der Waals surface area contributed by atoms with E-state index in [-0.39, 0.29) is 11.2 Å². The number of fused-ring (bicyclic) bond motifs is 1. The van der Waals surface area contributed by atoms with Crippen molar-refractivity contribution in [2.24, 2.45) is 5.41 Å². The Bertz CT molecular complexity index is 661. The van der Waals surface area contributed by atoms with Crippen LogP contribution >= 0.6 is 27.7 Å². The molecule has 1 aromatic carbocycles. The first-order valence-electron chi connectivity index (χ1n) is 6.77. The van der Waals surface area contributed by atoms with E-state index >= 15 is 0 Å². The van der Waals surface area contributed by atoms with Crippen LogP contribution in [0.15, 0.2) is 27.8 Å². The first-order chi connectivity index (χ1) is 9.76. The Labute approximate surface area is 137 Å². The maximum atomic E-state index is 10.8. The van der Waals surface area contributed by atoms with Gasteiger partial charge in [-0.3, -0.25) is 4.79 Å². The Balaban J connectivity index is 2.38. The van der Waals surface area contributed by atoms with Gasteiger partial charge < -0.3 is 9.67 Å². The zero-order valence-corrected chi connectivity index (χ0v) is 14.8. The van der Waals surface area contributed by atoms with Gasteiger partial charge in [-0.05, 0) is 30.0 Å². The Hall–Kier alpha value is -1.01. The second kappa shape index (κ2) is 6.40. The smallest absolute Gasteiger partial charge is 0.313 e. The molecule has 114 valence electrons. The van der Waals surface area contributed by atoms with Gasteiger partial charge in [-0.15, -0.1) is 0 Å². The molecule has 0 atom stereocenters. The standard InChI is InChI=1S/C15H19BrN2O2S/c1-15(2,3)6-7-18-12-8-10(16)4-5-11(12)17-14(18)21-9-13(19)20/h4-5,8H,6-7,9H2,1-3H3,(H,19,20). The van der Waals surface area contributed by atoms with Crippen LogP contribution < -0.4 is 0 Å². The van der Waals surface area contributed by atoms with Gasteiger partial charge in [0.05, 0.1) is 16.8 Å². The van der Waals surface area contributed by atoms with E-state index in [0.717, 1.165) is 33.6 Å². The lowest BCUT2D eigenvalue weighted by Gasteiger charge is -2.19. The van der Waals surface area contributed by atoms with Crippen LogP contribution in [0.5, 0.6) is 0 Å². The molecule has 0 amide bonds. The van der Waals surface area contributed by atoms with Crippen molar-refractivity contribution in [2.45, 2.75) is 38.9 Å². The molecule has 4 nitrogen and oxygen atoms in total. The van der Waals surface area contributed by atoms with Crippen molar-refractivity contribution in [2.75, 3.05) is 5.75 Å². The van der Waals surface area contributed by atoms with E-state index in [4.69, 9.17) is 5.11 Å². The fraction of sp³-hybridized carbons (Fsp3) is 0.467. The average Bonchev–Trinajstić information content (AvgIpc) is 2.70. The molecule has 1 aromatic heterocycles. The maximum Gasteiger partial charge on any atom is 0.313 e. The van der Waals surface area contributed by atoms with Gasteiger partial charge in [0.15, 0.2) is 5.16 Å². The summed E-state index contributed by atoms with van der Waals surface area (Å²) in [6, 6.07) is 5.95. The minimum atomic E-state index is -0.824. The Morgan fingerprint density at radius 3 is 2.76 bits per heavy atom. The Kier molecular flexibility index (Phi) is 4.99. The third-order valence-electron chi connectivity index (χ3n) is 3.09. The second-order valence-corrected chi connectivity index (χ2v) is 8.03. The van der Waals surface area contributed by atoms with Crippen molar-refractivity contribution in [3.8, 4) is 0 Å². The summed E-state index contributed by atoms with van der Waals surface area (Å²) >= 11 is 4.76. The normalized spacial score (nSPS) is 12.0. The average molecular weight is 371 g/mol. The van der Waals surface area contributed by atoms with Gasteiger partial charge in [-0.1, -0.05) is 48.5 Å². The summed E-state index contributed by atoms with van der Waals surface area (Å²) in [7, 11) is 0. The molecule has 0 unspecified atom stereocenters. The van der Waals surface area contributed by atoms with Gasteiger partial charge >= 0.3 is 5.97 Å². The summed E-state index contributed by atoms with van der Waals surface area (Å²) in [6.45, 7) is 7.43. The van der Waals surface area contributed by atoms with Crippen LogP contribution in [-0.4, -0.2) is 26.4 Å². The third kappa shape index (κ3) is 4.48. The molecular formula is C15H19BrN2O2S. The summed E-state index contributed by atoms with van der Waals surface area (Å²) in [5.74, 6) is -0.796. The second-order valence-electron chi connectivity index (χ2n) is 6.17. The number of aromatic nitrogens is 2. The predicted molar refractivity (Wildman–Crippen MR) is 89.9 cm³/mol. The summed E-state index contributed by atoms with van der Waals surface area (Å²) in [4.78, 5) is 15.4. The molecule has 1 N–H and O–H groups in total. The molecule has 0 fully saturated rings. The van der Waals surface area contributed by atoms with Crippen LogP contribution in [0.3, 0.4) is 0 Å². The van der Waals surface area contributed by atoms with Gasteiger partial charge in [0.25, 0.3) is 0 Å². The van der Waals surface area contributed by atoms with Crippen LogP contribution in [0.2, 0.25) is 0 Å². The van der Waals surface area contributed by atoms with Crippen molar-refractivity contribution in [1.82, 2.24) is 9.55 Å². The van der Waals surface area contributed by atoms with Crippen molar-refractivity contribution >= 4 is 44.7 Å². The molecule has 0 aliphatic rings. The first-order valence-corrected chi connectivity index (χ1v) is 8.54. The minimum Gasteiger partial charge on any atom is -0.481 e. The zero-order chi connectivity index (χ0) is 15.6. The van der Waals surface area contributed by atoms with Crippen molar-refractivity contribution in [1.29, 1.82) is 0 Å². The molecule has 0 aliphatic carbocycles. The molecule has 0 spiro atoms. The van der Waals surface area contributed by atoms with Crippen LogP contribution in [0.25, 0.3) is 11.0 Å². The number of hydrogen-bond donors (Lipinski definition) is 1. The molecule has 2 rings (SSSR count). The number of benzene rings is 1. The summed E-state index contributed by atoms with van der Waals surface area (Å²) in [5.41, 5.74) is 2.17. The maximum absolute atomic E-state index is 10.8. The van der Waals surface area contributed by atoms with Crippen molar-refractivity contribution in [3.63, 3.8) is 0 Å². The fourth-order valence-corrected chi connectivity index (χ4v) is 3.08. The van der Waals surface area contributed by atoms with Crippen LogP contribution in [0.1, 0.15) is 27.2 Å². The molecule has 2 aromatic rings. The van der Waals surface area contributed by atoms with E-state index in [1.807, 2.05) is 18.2 Å². The summed E-state index contributed by atoms with van der Waals surface area (Å²) in [5, 5.41) is 9.65. The van der Waals surface area contributed by atoms with Gasteiger partial charge in [-0.2, -0.15) is 0 Å². The van der Waals surface area contributed by atoms with Crippen LogP contribution in [0.4, 0.5) is 0 Å². The minimum absolute atomic E-state index is 0.0278. The van der Waals surface area contributed by atoms with Gasteiger partial charge in [0.2, 0.25) is 0 Å². The lowest BCUT2D eigenvalue weighted by atomic mass is 9.92. The topological polar surface area (TPSA) is 55.1 Å². The Morgan fingerprint density at radius 2 is 2.14 bits per heavy atom. The highest BCUT2D eigenvalue weighted by atomic mass is 79.9. The molecular weight excluding hydrogens is 352 g/mol. The number of aryl methyl sites for hydroxylation is 1. The quantitative estimate of drug-likeness (QED) is 0.791. The first kappa shape index (κ1) is 16.4. The number of carbonyl (C=O) groups is 1. The number of rotatable bonds is 5. The van der Waals surface area contributed by atoms with E-state index in [1.165, 1.54) is 11.8 Å². The van der Waals surface area contributed by atoms with Crippen LogP contribution in [-0.2, 0) is 11.3 Å². The number of carboxylic acid groups (broad SMARTS) is 1. The van der Waals surface area contributed by atoms with E-state index in [2.05, 4.69) is 46.3 Å². The highest BCUT2D eigenvalue weighted by Crippen LogP contribution is 2.29. The third-order valence-corrected chi connectivity index (χ3v) is 4.54. The number of carboxylic acids is 1. The SMILES string of the molecule is CC(C)(C)CCn1c(SCC(=O)O)nc2ccc(Br)cc21. The monoisotopic (exact) mass is 370 g/mol. The molecule has 6 heteroatoms. The number of aliphatic carboxylic acids is 1. The van der Waals surface area contributed by atoms with Gasteiger partial charge in [-0.25, -0.2) is 4.98 Å². The number of thioether (sulfide) groups is 1. The molecule has 21 heavy (non-hydrogen) atoms. The fourth-order valence-electron chi connectivity index (χ4n) is 1.97. The van der Waals surface area contributed by atoms with Gasteiger partial charge in [0.1, 0.15) is 0 Å². The molecule has 0 radical (unpaired) electrons.